The monoisotopic (exact) mass is 519 g/mol. The van der Waals surface area contributed by atoms with Crippen molar-refractivity contribution in [3.8, 4) is 17.5 Å². The minimum absolute atomic E-state index is 0.0640. The summed E-state index contributed by atoms with van der Waals surface area (Å²) in [4.78, 5) is 28.1. The molecule has 0 spiro atoms. The maximum atomic E-state index is 13.3. The molecular weight excluding hydrogens is 494 g/mol. The fourth-order valence-corrected chi connectivity index (χ4v) is 4.20. The van der Waals surface area contributed by atoms with E-state index in [-0.39, 0.29) is 16.9 Å². The Kier molecular flexibility index (Phi) is 6.67. The maximum Gasteiger partial charge on any atom is 0.280 e. The van der Waals surface area contributed by atoms with Crippen LogP contribution < -0.4 is 17.0 Å². The SMILES string of the molecule is CCc1cn2ccc(C#Cc3ccn(C)n3)c2c(=O)n1-c1ccccc1.NC(=O)c1c(N)nn2cccnc12. The summed E-state index contributed by atoms with van der Waals surface area (Å²) in [5, 5.41) is 8.12. The van der Waals surface area contributed by atoms with Crippen LogP contribution >= 0.6 is 0 Å². The molecule has 0 radical (unpaired) electrons. The molecule has 194 valence electrons. The van der Waals surface area contributed by atoms with Crippen LogP contribution in [0, 0.1) is 11.8 Å². The van der Waals surface area contributed by atoms with E-state index in [1.807, 2.05) is 79.4 Å². The summed E-state index contributed by atoms with van der Waals surface area (Å²) in [5.41, 5.74) is 14.9. The van der Waals surface area contributed by atoms with Crippen molar-refractivity contribution in [2.24, 2.45) is 12.8 Å². The molecule has 0 bridgehead atoms. The third-order valence-corrected chi connectivity index (χ3v) is 5.98. The molecule has 5 aromatic heterocycles. The van der Waals surface area contributed by atoms with Crippen LogP contribution in [0.1, 0.15) is 34.2 Å². The van der Waals surface area contributed by atoms with Gasteiger partial charge in [0, 0.05) is 49.4 Å². The highest BCUT2D eigenvalue weighted by atomic mass is 16.1. The Morgan fingerprint density at radius 1 is 1.00 bits per heavy atom. The minimum atomic E-state index is -0.619. The Hall–Kier alpha value is -5.63. The number of rotatable bonds is 3. The molecule has 0 fully saturated rings. The van der Waals surface area contributed by atoms with E-state index in [0.717, 1.165) is 17.8 Å². The number of benzene rings is 1. The van der Waals surface area contributed by atoms with Gasteiger partial charge in [0.1, 0.15) is 16.8 Å². The summed E-state index contributed by atoms with van der Waals surface area (Å²) < 4.78 is 6.75. The van der Waals surface area contributed by atoms with Crippen molar-refractivity contribution < 1.29 is 4.79 Å². The first-order valence-electron chi connectivity index (χ1n) is 12.1. The maximum absolute atomic E-state index is 13.3. The van der Waals surface area contributed by atoms with Crippen LogP contribution in [0.25, 0.3) is 16.9 Å². The molecule has 0 aliphatic carbocycles. The first kappa shape index (κ1) is 25.0. The number of carbonyl (C=O) groups is 1. The number of nitrogen functional groups attached to an aromatic ring is 1. The smallest absolute Gasteiger partial charge is 0.280 e. The Morgan fingerprint density at radius 2 is 1.79 bits per heavy atom. The molecule has 39 heavy (non-hydrogen) atoms. The van der Waals surface area contributed by atoms with Crippen molar-refractivity contribution >= 4 is 22.9 Å². The van der Waals surface area contributed by atoms with E-state index in [9.17, 15) is 9.59 Å². The van der Waals surface area contributed by atoms with Gasteiger partial charge in [-0.2, -0.15) is 5.10 Å². The number of fused-ring (bicyclic) bond motifs is 2. The van der Waals surface area contributed by atoms with Gasteiger partial charge in [0.2, 0.25) is 0 Å². The largest absolute Gasteiger partial charge is 0.381 e. The number of para-hydroxylation sites is 1. The number of anilines is 1. The Bertz CT molecular complexity index is 1930. The topological polar surface area (TPSA) is 144 Å². The number of amides is 1. The Labute approximate surface area is 222 Å². The lowest BCUT2D eigenvalue weighted by molar-refractivity contribution is 0.100. The van der Waals surface area contributed by atoms with Gasteiger partial charge in [-0.25, -0.2) is 9.50 Å². The lowest BCUT2D eigenvalue weighted by Gasteiger charge is -2.13. The summed E-state index contributed by atoms with van der Waals surface area (Å²) >= 11 is 0. The number of hydrogen-bond donors (Lipinski definition) is 2. The van der Waals surface area contributed by atoms with Crippen molar-refractivity contribution in [3.05, 3.63) is 112 Å². The molecule has 1 aromatic carbocycles. The summed E-state index contributed by atoms with van der Waals surface area (Å²) in [6.45, 7) is 2.05. The molecule has 11 heteroatoms. The summed E-state index contributed by atoms with van der Waals surface area (Å²) in [7, 11) is 1.85. The fraction of sp³-hybridized carbons (Fsp3) is 0.107. The molecule has 0 aliphatic rings. The third-order valence-electron chi connectivity index (χ3n) is 5.98. The quantitative estimate of drug-likeness (QED) is 0.343. The predicted molar refractivity (Wildman–Crippen MR) is 147 cm³/mol. The van der Waals surface area contributed by atoms with Crippen molar-refractivity contribution in [2.45, 2.75) is 13.3 Å². The van der Waals surface area contributed by atoms with Gasteiger partial charge in [0.05, 0.1) is 5.56 Å². The van der Waals surface area contributed by atoms with Gasteiger partial charge >= 0.3 is 0 Å². The standard InChI is InChI=1S/C21H18N4O.C7H7N5O/c1-3-18-15-24-14-11-16(9-10-17-12-13-23(2)22-17)20(24)21(26)25(18)19-7-5-4-6-8-19;8-5-4(6(9)13)7-10-2-1-3-12(7)11-5/h4-8,11-15H,3H2,1-2H3;1-3H,(H2,8,11)(H2,9,13). The normalized spacial score (nSPS) is 10.6. The third kappa shape index (κ3) is 4.86. The average Bonchev–Trinajstić information content (AvgIpc) is 3.63. The van der Waals surface area contributed by atoms with E-state index in [2.05, 4.69) is 27.0 Å². The average molecular weight is 520 g/mol. The van der Waals surface area contributed by atoms with Gasteiger partial charge in [0.25, 0.3) is 11.5 Å². The number of aryl methyl sites for hydroxylation is 2. The van der Waals surface area contributed by atoms with Crippen molar-refractivity contribution in [2.75, 3.05) is 5.73 Å². The number of primary amides is 1. The highest BCUT2D eigenvalue weighted by Crippen LogP contribution is 2.15. The molecule has 0 saturated carbocycles. The zero-order chi connectivity index (χ0) is 27.5. The molecule has 4 N–H and O–H groups in total. The van der Waals surface area contributed by atoms with Gasteiger partial charge in [0.15, 0.2) is 11.5 Å². The van der Waals surface area contributed by atoms with E-state index in [1.165, 1.54) is 4.52 Å². The molecule has 6 rings (SSSR count). The van der Waals surface area contributed by atoms with E-state index >= 15 is 0 Å². The zero-order valence-electron chi connectivity index (χ0n) is 21.3. The second-order valence-corrected chi connectivity index (χ2v) is 8.57. The molecule has 1 amide bonds. The van der Waals surface area contributed by atoms with Crippen LogP contribution in [0.4, 0.5) is 5.82 Å². The fourth-order valence-electron chi connectivity index (χ4n) is 4.20. The molecular formula is C28H25N9O2. The zero-order valence-corrected chi connectivity index (χ0v) is 21.3. The van der Waals surface area contributed by atoms with Gasteiger partial charge in [-0.1, -0.05) is 31.0 Å². The number of nitrogens with zero attached hydrogens (tertiary/aromatic N) is 7. The number of carbonyl (C=O) groups excluding carboxylic acids is 1. The highest BCUT2D eigenvalue weighted by molar-refractivity contribution is 6.03. The molecule has 0 unspecified atom stereocenters. The summed E-state index contributed by atoms with van der Waals surface area (Å²) in [6, 6.07) is 15.1. The highest BCUT2D eigenvalue weighted by Gasteiger charge is 2.15. The van der Waals surface area contributed by atoms with E-state index < -0.39 is 5.91 Å². The van der Waals surface area contributed by atoms with E-state index in [4.69, 9.17) is 11.5 Å². The van der Waals surface area contributed by atoms with E-state index in [1.54, 1.807) is 27.7 Å². The van der Waals surface area contributed by atoms with E-state index in [0.29, 0.717) is 22.4 Å². The molecule has 6 aromatic rings. The molecule has 11 nitrogen and oxygen atoms in total. The van der Waals surface area contributed by atoms with Crippen LogP contribution in [0.5, 0.6) is 0 Å². The second kappa shape index (κ2) is 10.4. The van der Waals surface area contributed by atoms with Gasteiger partial charge in [-0.15, -0.1) is 5.10 Å². The van der Waals surface area contributed by atoms with Crippen LogP contribution in [-0.2, 0) is 13.5 Å². The van der Waals surface area contributed by atoms with Crippen LogP contribution in [0.3, 0.4) is 0 Å². The van der Waals surface area contributed by atoms with Crippen molar-refractivity contribution in [1.29, 1.82) is 0 Å². The summed E-state index contributed by atoms with van der Waals surface area (Å²) in [6.07, 6.45) is 9.67. The van der Waals surface area contributed by atoms with Gasteiger partial charge < -0.3 is 15.9 Å². The van der Waals surface area contributed by atoms with Crippen molar-refractivity contribution in [3.63, 3.8) is 0 Å². The number of hydrogen-bond acceptors (Lipinski definition) is 6. The lowest BCUT2D eigenvalue weighted by atomic mass is 10.2. The first-order chi connectivity index (χ1) is 18.9. The van der Waals surface area contributed by atoms with Gasteiger partial charge in [-0.3, -0.25) is 18.8 Å². The Morgan fingerprint density at radius 3 is 2.49 bits per heavy atom. The van der Waals surface area contributed by atoms with Gasteiger partial charge in [-0.05, 0) is 42.7 Å². The van der Waals surface area contributed by atoms with Crippen LogP contribution in [0.15, 0.2) is 84.3 Å². The number of nitrogens with two attached hydrogens (primary N) is 2. The predicted octanol–water partition coefficient (Wildman–Crippen LogP) is 2.20. The minimum Gasteiger partial charge on any atom is -0.381 e. The van der Waals surface area contributed by atoms with Crippen LogP contribution in [0.2, 0.25) is 0 Å². The lowest BCUT2D eigenvalue weighted by Crippen LogP contribution is -2.24. The molecule has 0 aliphatic heterocycles. The Balaban J connectivity index is 0.000000198. The molecule has 0 atom stereocenters. The first-order valence-corrected chi connectivity index (χ1v) is 12.1. The second-order valence-electron chi connectivity index (χ2n) is 8.57. The van der Waals surface area contributed by atoms with Crippen LogP contribution in [-0.4, -0.2) is 39.3 Å². The number of aromatic nitrogens is 7. The molecule has 5 heterocycles. The summed E-state index contributed by atoms with van der Waals surface area (Å²) in [5.74, 6) is 5.61. The molecule has 0 saturated heterocycles. The van der Waals surface area contributed by atoms with Crippen molar-refractivity contribution in [1.82, 2.24) is 33.3 Å².